The molecule has 2 aromatic carbocycles. The average molecular weight is 396 g/mol. The van der Waals surface area contributed by atoms with E-state index in [2.05, 4.69) is 20.7 Å². The summed E-state index contributed by atoms with van der Waals surface area (Å²) in [4.78, 5) is 28.7. The van der Waals surface area contributed by atoms with Gasteiger partial charge in [0.2, 0.25) is 11.8 Å². The molecule has 3 aromatic rings. The number of anilines is 2. The average Bonchev–Trinajstić information content (AvgIpc) is 3.21. The van der Waals surface area contributed by atoms with E-state index in [0.29, 0.717) is 29.2 Å². The van der Waals surface area contributed by atoms with Crippen LogP contribution in [-0.4, -0.2) is 26.6 Å². The predicted molar refractivity (Wildman–Crippen MR) is 106 cm³/mol. The van der Waals surface area contributed by atoms with Crippen molar-refractivity contribution < 1.29 is 9.59 Å². The molecule has 142 valence electrons. The summed E-state index contributed by atoms with van der Waals surface area (Å²) in [5.41, 5.74) is 3.15. The van der Waals surface area contributed by atoms with E-state index in [-0.39, 0.29) is 24.2 Å². The summed E-state index contributed by atoms with van der Waals surface area (Å²) in [7, 11) is 0. The second kappa shape index (κ2) is 7.82. The predicted octanol–water partition coefficient (Wildman–Crippen LogP) is 3.45. The molecule has 28 heavy (non-hydrogen) atoms. The van der Waals surface area contributed by atoms with Gasteiger partial charge < -0.3 is 10.6 Å². The Labute approximate surface area is 166 Å². The lowest BCUT2D eigenvalue weighted by atomic mass is 9.89. The summed E-state index contributed by atoms with van der Waals surface area (Å²) in [5.74, 6) is -0.456. The van der Waals surface area contributed by atoms with Crippen molar-refractivity contribution in [3.05, 3.63) is 65.7 Å². The number of hydrogen-bond acceptors (Lipinski definition) is 4. The second-order valence-electron chi connectivity index (χ2n) is 6.64. The van der Waals surface area contributed by atoms with Gasteiger partial charge in [-0.25, -0.2) is 9.67 Å². The first-order valence-corrected chi connectivity index (χ1v) is 9.31. The zero-order chi connectivity index (χ0) is 19.5. The maximum absolute atomic E-state index is 12.5. The molecule has 8 heteroatoms. The van der Waals surface area contributed by atoms with Crippen molar-refractivity contribution >= 4 is 34.8 Å². The number of halogens is 1. The molecule has 2 N–H and O–H groups in total. The van der Waals surface area contributed by atoms with Crippen LogP contribution in [0.25, 0.3) is 5.69 Å². The minimum atomic E-state index is -0.227. The normalized spacial score (nSPS) is 15.6. The molecule has 0 fully saturated rings. The molecule has 0 radical (unpaired) electrons. The maximum Gasteiger partial charge on any atom is 0.227 e. The Morgan fingerprint density at radius 2 is 2.14 bits per heavy atom. The number of nitrogens with zero attached hydrogens (tertiary/aromatic N) is 3. The number of hydrogen-bond donors (Lipinski definition) is 2. The summed E-state index contributed by atoms with van der Waals surface area (Å²) >= 11 is 6.08. The molecule has 1 aliphatic rings. The largest absolute Gasteiger partial charge is 0.326 e. The molecule has 2 heterocycles. The minimum Gasteiger partial charge on any atom is -0.326 e. The molecular formula is C20H18ClN5O2. The molecule has 7 nitrogen and oxygen atoms in total. The van der Waals surface area contributed by atoms with Crippen molar-refractivity contribution in [1.82, 2.24) is 14.8 Å². The molecule has 4 rings (SSSR count). The fourth-order valence-electron chi connectivity index (χ4n) is 3.31. The molecule has 0 saturated heterocycles. The van der Waals surface area contributed by atoms with Crippen LogP contribution in [0.1, 0.15) is 18.4 Å². The molecule has 1 atom stereocenters. The highest BCUT2D eigenvalue weighted by atomic mass is 35.5. The Morgan fingerprint density at radius 3 is 2.96 bits per heavy atom. The van der Waals surface area contributed by atoms with Crippen LogP contribution in [0.5, 0.6) is 0 Å². The van der Waals surface area contributed by atoms with Gasteiger partial charge in [0.1, 0.15) is 12.7 Å². The van der Waals surface area contributed by atoms with Gasteiger partial charge >= 0.3 is 0 Å². The SMILES string of the molecule is O=C(CCC1Cc2ccccc2NC1=O)Nc1cc(Cl)ccc1-n1cncn1. The Morgan fingerprint density at radius 1 is 1.29 bits per heavy atom. The number of rotatable bonds is 5. The first-order valence-electron chi connectivity index (χ1n) is 8.93. The molecule has 0 saturated carbocycles. The van der Waals surface area contributed by atoms with Crippen molar-refractivity contribution in [2.24, 2.45) is 5.92 Å². The van der Waals surface area contributed by atoms with Gasteiger partial charge in [0.25, 0.3) is 0 Å². The third kappa shape index (κ3) is 3.89. The summed E-state index contributed by atoms with van der Waals surface area (Å²) < 4.78 is 1.55. The Bertz CT molecular complexity index is 1020. The fourth-order valence-corrected chi connectivity index (χ4v) is 3.48. The van der Waals surface area contributed by atoms with Gasteiger partial charge in [0.15, 0.2) is 0 Å². The molecule has 0 bridgehead atoms. The number of carbonyl (C=O) groups excluding carboxylic acids is 2. The molecular weight excluding hydrogens is 378 g/mol. The number of amides is 2. The van der Waals surface area contributed by atoms with E-state index in [0.717, 1.165) is 11.3 Å². The van der Waals surface area contributed by atoms with Gasteiger partial charge in [-0.05, 0) is 42.7 Å². The first kappa shape index (κ1) is 18.2. The van der Waals surface area contributed by atoms with Gasteiger partial charge in [-0.15, -0.1) is 0 Å². The van der Waals surface area contributed by atoms with Crippen LogP contribution in [0.2, 0.25) is 5.02 Å². The van der Waals surface area contributed by atoms with Gasteiger partial charge in [0, 0.05) is 23.0 Å². The first-order chi connectivity index (χ1) is 13.6. The molecule has 0 aliphatic carbocycles. The number of benzene rings is 2. The smallest absolute Gasteiger partial charge is 0.227 e. The van der Waals surface area contributed by atoms with Crippen LogP contribution in [-0.2, 0) is 16.0 Å². The lowest BCUT2D eigenvalue weighted by Crippen LogP contribution is -2.30. The number of nitrogens with one attached hydrogen (secondary N) is 2. The quantitative estimate of drug-likeness (QED) is 0.692. The summed E-state index contributed by atoms with van der Waals surface area (Å²) in [6.07, 6.45) is 4.29. The van der Waals surface area contributed by atoms with E-state index in [1.54, 1.807) is 29.2 Å². The Hall–Kier alpha value is -3.19. The van der Waals surface area contributed by atoms with Gasteiger partial charge in [0.05, 0.1) is 11.4 Å². The maximum atomic E-state index is 12.5. The highest BCUT2D eigenvalue weighted by Crippen LogP contribution is 2.28. The van der Waals surface area contributed by atoms with Crippen molar-refractivity contribution in [3.63, 3.8) is 0 Å². The van der Waals surface area contributed by atoms with Crippen LogP contribution in [0, 0.1) is 5.92 Å². The van der Waals surface area contributed by atoms with Crippen molar-refractivity contribution in [2.45, 2.75) is 19.3 Å². The van der Waals surface area contributed by atoms with E-state index in [1.165, 1.54) is 6.33 Å². The van der Waals surface area contributed by atoms with Crippen LogP contribution < -0.4 is 10.6 Å². The zero-order valence-corrected chi connectivity index (χ0v) is 15.7. The third-order valence-corrected chi connectivity index (χ3v) is 4.97. The zero-order valence-electron chi connectivity index (χ0n) is 14.9. The number of fused-ring (bicyclic) bond motifs is 1. The van der Waals surface area contributed by atoms with Crippen LogP contribution in [0.15, 0.2) is 55.1 Å². The Kier molecular flexibility index (Phi) is 5.08. The number of carbonyl (C=O) groups is 2. The molecule has 0 spiro atoms. The fraction of sp³-hybridized carbons (Fsp3) is 0.200. The van der Waals surface area contributed by atoms with E-state index in [9.17, 15) is 9.59 Å². The van der Waals surface area contributed by atoms with Crippen LogP contribution in [0.3, 0.4) is 0 Å². The van der Waals surface area contributed by atoms with E-state index < -0.39 is 0 Å². The molecule has 1 unspecified atom stereocenters. The van der Waals surface area contributed by atoms with Gasteiger partial charge in [-0.2, -0.15) is 5.10 Å². The third-order valence-electron chi connectivity index (χ3n) is 4.73. The summed E-state index contributed by atoms with van der Waals surface area (Å²) in [6.45, 7) is 0. The van der Waals surface area contributed by atoms with Crippen molar-refractivity contribution in [2.75, 3.05) is 10.6 Å². The molecule has 1 aromatic heterocycles. The topological polar surface area (TPSA) is 88.9 Å². The lowest BCUT2D eigenvalue weighted by Gasteiger charge is -2.24. The second-order valence-corrected chi connectivity index (χ2v) is 7.07. The summed E-state index contributed by atoms with van der Waals surface area (Å²) in [5, 5.41) is 10.4. The lowest BCUT2D eigenvalue weighted by molar-refractivity contribution is -0.121. The van der Waals surface area contributed by atoms with E-state index in [4.69, 9.17) is 11.6 Å². The van der Waals surface area contributed by atoms with Crippen molar-refractivity contribution in [3.8, 4) is 5.69 Å². The highest BCUT2D eigenvalue weighted by Gasteiger charge is 2.26. The Balaban J connectivity index is 1.42. The molecule has 1 aliphatic heterocycles. The van der Waals surface area contributed by atoms with E-state index >= 15 is 0 Å². The number of aromatic nitrogens is 3. The monoisotopic (exact) mass is 395 g/mol. The number of para-hydroxylation sites is 1. The van der Waals surface area contributed by atoms with Crippen LogP contribution >= 0.6 is 11.6 Å². The van der Waals surface area contributed by atoms with E-state index in [1.807, 2.05) is 24.3 Å². The molecule has 2 amide bonds. The minimum absolute atomic E-state index is 0.0439. The van der Waals surface area contributed by atoms with Gasteiger partial charge in [-0.1, -0.05) is 29.8 Å². The highest BCUT2D eigenvalue weighted by molar-refractivity contribution is 6.31. The van der Waals surface area contributed by atoms with Gasteiger partial charge in [-0.3, -0.25) is 9.59 Å². The standard InChI is InChI=1S/C20H18ClN5O2/c21-15-6-7-18(26-12-22-11-23-26)17(10-15)24-19(27)8-5-14-9-13-3-1-2-4-16(13)25-20(14)28/h1-4,6-7,10-12,14H,5,8-9H2,(H,24,27)(H,25,28). The van der Waals surface area contributed by atoms with Crippen LogP contribution in [0.4, 0.5) is 11.4 Å². The summed E-state index contributed by atoms with van der Waals surface area (Å²) in [6, 6.07) is 12.9. The van der Waals surface area contributed by atoms with Crippen molar-refractivity contribution in [1.29, 1.82) is 0 Å².